The highest BCUT2D eigenvalue weighted by Crippen LogP contribution is 2.06. The van der Waals surface area contributed by atoms with Gasteiger partial charge in [-0.05, 0) is 25.2 Å². The fraction of sp³-hybridized carbons (Fsp3) is 0.765. The number of rotatable bonds is 11. The fourth-order valence-electron chi connectivity index (χ4n) is 2.24. The Kier molecular flexibility index (Phi) is 10.6. The zero-order chi connectivity index (χ0) is 21.3. The Bertz CT molecular complexity index is 536. The molecule has 3 amide bonds. The van der Waals surface area contributed by atoms with Crippen molar-refractivity contribution in [2.24, 2.45) is 17.6 Å². The van der Waals surface area contributed by atoms with E-state index in [-0.39, 0.29) is 18.3 Å². The van der Waals surface area contributed by atoms with Gasteiger partial charge >= 0.3 is 5.97 Å². The molecule has 10 heteroatoms. The van der Waals surface area contributed by atoms with Crippen molar-refractivity contribution in [1.29, 1.82) is 0 Å². The molecule has 4 unspecified atom stereocenters. The Balaban J connectivity index is 5.09. The SMILES string of the molecule is CC(C)CC(NC(=O)C(CO)NC(=O)C(NC(=O)C(C)N)C(C)C)C(=O)O. The number of aliphatic hydroxyl groups excluding tert-OH is 1. The van der Waals surface area contributed by atoms with Crippen LogP contribution in [0.4, 0.5) is 0 Å². The molecule has 27 heavy (non-hydrogen) atoms. The van der Waals surface area contributed by atoms with E-state index in [1.807, 2.05) is 13.8 Å². The number of hydrogen-bond donors (Lipinski definition) is 6. The van der Waals surface area contributed by atoms with Gasteiger partial charge < -0.3 is 31.9 Å². The van der Waals surface area contributed by atoms with E-state index in [0.29, 0.717) is 0 Å². The van der Waals surface area contributed by atoms with Gasteiger partial charge in [-0.1, -0.05) is 27.7 Å². The number of nitrogens with two attached hydrogens (primary N) is 1. The molecule has 0 spiro atoms. The minimum Gasteiger partial charge on any atom is -0.480 e. The minimum atomic E-state index is -1.35. The Morgan fingerprint density at radius 2 is 1.37 bits per heavy atom. The lowest BCUT2D eigenvalue weighted by atomic mass is 10.0. The van der Waals surface area contributed by atoms with Crippen molar-refractivity contribution in [2.45, 2.75) is 65.2 Å². The fourth-order valence-corrected chi connectivity index (χ4v) is 2.24. The Hall–Kier alpha value is -2.20. The molecule has 0 aliphatic rings. The van der Waals surface area contributed by atoms with E-state index in [1.54, 1.807) is 13.8 Å². The largest absolute Gasteiger partial charge is 0.480 e. The molecule has 0 aromatic carbocycles. The summed E-state index contributed by atoms with van der Waals surface area (Å²) in [6.07, 6.45) is 0.201. The molecular weight excluding hydrogens is 356 g/mol. The molecule has 0 radical (unpaired) electrons. The molecule has 0 aromatic rings. The van der Waals surface area contributed by atoms with Crippen LogP contribution in [0.3, 0.4) is 0 Å². The smallest absolute Gasteiger partial charge is 0.326 e. The first-order valence-electron chi connectivity index (χ1n) is 8.91. The predicted molar refractivity (Wildman–Crippen MR) is 98.5 cm³/mol. The van der Waals surface area contributed by atoms with Crippen molar-refractivity contribution in [3.8, 4) is 0 Å². The van der Waals surface area contributed by atoms with Crippen LogP contribution in [0.5, 0.6) is 0 Å². The molecular formula is C17H32N4O6. The molecule has 0 aliphatic heterocycles. The van der Waals surface area contributed by atoms with Gasteiger partial charge in [-0.3, -0.25) is 14.4 Å². The summed E-state index contributed by atoms with van der Waals surface area (Å²) in [5.74, 6) is -3.51. The van der Waals surface area contributed by atoms with Crippen molar-refractivity contribution in [2.75, 3.05) is 6.61 Å². The normalized spacial score (nSPS) is 15.6. The molecule has 0 aromatic heterocycles. The summed E-state index contributed by atoms with van der Waals surface area (Å²) in [4.78, 5) is 47.7. The summed E-state index contributed by atoms with van der Waals surface area (Å²) in [5, 5.41) is 25.8. The molecule has 156 valence electrons. The third kappa shape index (κ3) is 8.83. The van der Waals surface area contributed by atoms with Crippen molar-refractivity contribution in [3.63, 3.8) is 0 Å². The maximum absolute atomic E-state index is 12.4. The van der Waals surface area contributed by atoms with Gasteiger partial charge in [0.15, 0.2) is 0 Å². The van der Waals surface area contributed by atoms with Crippen LogP contribution >= 0.6 is 0 Å². The highest BCUT2D eigenvalue weighted by molar-refractivity contribution is 5.94. The van der Waals surface area contributed by atoms with Crippen LogP contribution in [0.1, 0.15) is 41.0 Å². The molecule has 7 N–H and O–H groups in total. The lowest BCUT2D eigenvalue weighted by Crippen LogP contribution is -2.59. The summed E-state index contributed by atoms with van der Waals surface area (Å²) in [6, 6.07) is -4.26. The number of aliphatic hydroxyl groups is 1. The third-order valence-electron chi connectivity index (χ3n) is 3.80. The number of carboxylic acid groups (broad SMARTS) is 1. The number of carbonyl (C=O) groups excluding carboxylic acids is 3. The van der Waals surface area contributed by atoms with E-state index in [4.69, 9.17) is 5.73 Å². The maximum atomic E-state index is 12.4. The van der Waals surface area contributed by atoms with Crippen LogP contribution in [0, 0.1) is 11.8 Å². The highest BCUT2D eigenvalue weighted by Gasteiger charge is 2.31. The Labute approximate surface area is 159 Å². The van der Waals surface area contributed by atoms with Crippen LogP contribution in [0.2, 0.25) is 0 Å². The quantitative estimate of drug-likeness (QED) is 0.252. The van der Waals surface area contributed by atoms with Gasteiger partial charge in [0.05, 0.1) is 12.6 Å². The van der Waals surface area contributed by atoms with Gasteiger partial charge in [0.2, 0.25) is 17.7 Å². The average molecular weight is 388 g/mol. The van der Waals surface area contributed by atoms with Gasteiger partial charge in [-0.15, -0.1) is 0 Å². The monoisotopic (exact) mass is 388 g/mol. The first-order valence-corrected chi connectivity index (χ1v) is 8.91. The Morgan fingerprint density at radius 1 is 0.852 bits per heavy atom. The number of carbonyl (C=O) groups is 4. The van der Waals surface area contributed by atoms with Crippen molar-refractivity contribution in [3.05, 3.63) is 0 Å². The standard InChI is InChI=1S/C17H32N4O6/c1-8(2)6-11(17(26)27)19-15(24)12(7-22)20-16(25)13(9(3)4)21-14(23)10(5)18/h8-13,22H,6-7,18H2,1-5H3,(H,19,24)(H,20,25)(H,21,23)(H,26,27). The maximum Gasteiger partial charge on any atom is 0.326 e. The average Bonchev–Trinajstić information content (AvgIpc) is 2.55. The first kappa shape index (κ1) is 24.8. The van der Waals surface area contributed by atoms with Crippen LogP contribution in [0.25, 0.3) is 0 Å². The second-order valence-corrected chi connectivity index (χ2v) is 7.29. The second kappa shape index (κ2) is 11.5. The van der Waals surface area contributed by atoms with Gasteiger partial charge in [-0.2, -0.15) is 0 Å². The van der Waals surface area contributed by atoms with E-state index >= 15 is 0 Å². The zero-order valence-electron chi connectivity index (χ0n) is 16.5. The summed E-state index contributed by atoms with van der Waals surface area (Å²) in [5.41, 5.74) is 5.48. The second-order valence-electron chi connectivity index (χ2n) is 7.29. The molecule has 10 nitrogen and oxygen atoms in total. The number of aliphatic carboxylic acids is 1. The predicted octanol–water partition coefficient (Wildman–Crippen LogP) is -1.43. The molecule has 0 bridgehead atoms. The van der Waals surface area contributed by atoms with Gasteiger partial charge in [0, 0.05) is 0 Å². The van der Waals surface area contributed by atoms with Crippen molar-refractivity contribution < 1.29 is 29.4 Å². The number of hydrogen-bond acceptors (Lipinski definition) is 6. The summed E-state index contributed by atoms with van der Waals surface area (Å²) < 4.78 is 0. The van der Waals surface area contributed by atoms with Crippen LogP contribution in [-0.4, -0.2) is 64.7 Å². The Morgan fingerprint density at radius 3 is 1.74 bits per heavy atom. The van der Waals surface area contributed by atoms with E-state index in [9.17, 15) is 29.4 Å². The van der Waals surface area contributed by atoms with Crippen molar-refractivity contribution >= 4 is 23.7 Å². The summed E-state index contributed by atoms with van der Waals surface area (Å²) >= 11 is 0. The van der Waals surface area contributed by atoms with E-state index in [0.717, 1.165) is 0 Å². The molecule has 0 fully saturated rings. The van der Waals surface area contributed by atoms with Gasteiger partial charge in [0.25, 0.3) is 0 Å². The molecule has 0 saturated heterocycles. The molecule has 0 rings (SSSR count). The minimum absolute atomic E-state index is 0.0207. The number of amides is 3. The van der Waals surface area contributed by atoms with Crippen LogP contribution in [0.15, 0.2) is 0 Å². The van der Waals surface area contributed by atoms with Gasteiger partial charge in [0.1, 0.15) is 18.1 Å². The number of carboxylic acids is 1. The topological polar surface area (TPSA) is 171 Å². The number of nitrogens with one attached hydrogen (secondary N) is 3. The summed E-state index contributed by atoms with van der Waals surface area (Å²) in [6.45, 7) is 7.75. The third-order valence-corrected chi connectivity index (χ3v) is 3.80. The van der Waals surface area contributed by atoms with Crippen LogP contribution in [-0.2, 0) is 19.2 Å². The summed E-state index contributed by atoms with van der Waals surface area (Å²) in [7, 11) is 0. The van der Waals surface area contributed by atoms with E-state index in [2.05, 4.69) is 16.0 Å². The van der Waals surface area contributed by atoms with E-state index in [1.165, 1.54) is 6.92 Å². The molecule has 0 heterocycles. The van der Waals surface area contributed by atoms with Crippen LogP contribution < -0.4 is 21.7 Å². The van der Waals surface area contributed by atoms with Gasteiger partial charge in [-0.25, -0.2) is 4.79 Å². The molecule has 0 aliphatic carbocycles. The zero-order valence-corrected chi connectivity index (χ0v) is 16.5. The lowest BCUT2D eigenvalue weighted by molar-refractivity contribution is -0.143. The van der Waals surface area contributed by atoms with E-state index < -0.39 is 54.5 Å². The highest BCUT2D eigenvalue weighted by atomic mass is 16.4. The first-order chi connectivity index (χ1) is 12.4. The lowest BCUT2D eigenvalue weighted by Gasteiger charge is -2.26. The molecule has 0 saturated carbocycles. The molecule has 4 atom stereocenters. The van der Waals surface area contributed by atoms with Crippen molar-refractivity contribution in [1.82, 2.24) is 16.0 Å².